The molecule has 0 aliphatic rings. The predicted octanol–water partition coefficient (Wildman–Crippen LogP) is 4.17. The molecule has 2 nitrogen and oxygen atoms in total. The Morgan fingerprint density at radius 3 is 2.81 bits per heavy atom. The number of nitrogens with zero attached hydrogens (tertiary/aromatic N) is 1. The van der Waals surface area contributed by atoms with E-state index in [-0.39, 0.29) is 0 Å². The van der Waals surface area contributed by atoms with E-state index in [2.05, 4.69) is 11.1 Å². The maximum Gasteiger partial charge on any atom is 0.184 e. The summed E-state index contributed by atoms with van der Waals surface area (Å²) in [5.74, 6) is 0.924. The molecule has 1 aromatic heterocycles. The Balaban J connectivity index is 2.34. The van der Waals surface area contributed by atoms with Crippen LogP contribution in [0.4, 0.5) is 0 Å². The van der Waals surface area contributed by atoms with Crippen LogP contribution in [0, 0.1) is 6.92 Å². The number of halogens is 1. The fourth-order valence-corrected chi connectivity index (χ4v) is 2.28. The summed E-state index contributed by atoms with van der Waals surface area (Å²) in [5.41, 5.74) is 3.11. The first-order valence-corrected chi connectivity index (χ1v) is 6.31. The molecule has 1 heterocycles. The standard InChI is InChI=1S/C12H12ClNOS/c1-3-15-11-5-4-9(6-8(11)2)10-7-16-12(13)14-10/h4-7H,3H2,1-2H3. The van der Waals surface area contributed by atoms with Gasteiger partial charge < -0.3 is 4.74 Å². The van der Waals surface area contributed by atoms with E-state index in [1.807, 2.05) is 31.4 Å². The minimum Gasteiger partial charge on any atom is -0.494 e. The van der Waals surface area contributed by atoms with Gasteiger partial charge in [-0.05, 0) is 37.6 Å². The molecule has 0 amide bonds. The summed E-state index contributed by atoms with van der Waals surface area (Å²) >= 11 is 7.26. The largest absolute Gasteiger partial charge is 0.494 e. The van der Waals surface area contributed by atoms with E-state index in [1.54, 1.807) is 0 Å². The lowest BCUT2D eigenvalue weighted by molar-refractivity contribution is 0.338. The molecule has 16 heavy (non-hydrogen) atoms. The summed E-state index contributed by atoms with van der Waals surface area (Å²) in [6.45, 7) is 4.69. The van der Waals surface area contributed by atoms with Crippen molar-refractivity contribution in [1.29, 1.82) is 0 Å². The van der Waals surface area contributed by atoms with Gasteiger partial charge in [0.05, 0.1) is 12.3 Å². The molecule has 0 fully saturated rings. The highest BCUT2D eigenvalue weighted by Crippen LogP contribution is 2.28. The average molecular weight is 254 g/mol. The van der Waals surface area contributed by atoms with E-state index in [0.717, 1.165) is 22.6 Å². The highest BCUT2D eigenvalue weighted by Gasteiger charge is 2.05. The van der Waals surface area contributed by atoms with E-state index in [0.29, 0.717) is 11.1 Å². The monoisotopic (exact) mass is 253 g/mol. The van der Waals surface area contributed by atoms with Gasteiger partial charge in [0.15, 0.2) is 4.47 Å². The second-order valence-electron chi connectivity index (χ2n) is 3.40. The Labute approximate surface area is 104 Å². The zero-order valence-electron chi connectivity index (χ0n) is 9.16. The van der Waals surface area contributed by atoms with Gasteiger partial charge in [0.1, 0.15) is 5.75 Å². The third-order valence-electron chi connectivity index (χ3n) is 2.25. The van der Waals surface area contributed by atoms with Gasteiger partial charge in [-0.15, -0.1) is 11.3 Å². The number of benzene rings is 1. The number of rotatable bonds is 3. The second kappa shape index (κ2) is 4.85. The summed E-state index contributed by atoms with van der Waals surface area (Å²) in [5, 5.41) is 1.96. The third kappa shape index (κ3) is 2.36. The number of hydrogen-bond donors (Lipinski definition) is 0. The summed E-state index contributed by atoms with van der Waals surface area (Å²) in [7, 11) is 0. The molecule has 0 radical (unpaired) electrons. The van der Waals surface area contributed by atoms with Crippen LogP contribution in [0.25, 0.3) is 11.3 Å². The van der Waals surface area contributed by atoms with Crippen LogP contribution in [0.3, 0.4) is 0 Å². The zero-order chi connectivity index (χ0) is 11.5. The Hall–Kier alpha value is -1.06. The van der Waals surface area contributed by atoms with Crippen LogP contribution in [0.15, 0.2) is 23.6 Å². The highest BCUT2D eigenvalue weighted by molar-refractivity contribution is 7.14. The van der Waals surface area contributed by atoms with Gasteiger partial charge in [-0.25, -0.2) is 4.98 Å². The molecule has 0 saturated heterocycles. The molecule has 1 aromatic carbocycles. The molecule has 0 atom stereocenters. The van der Waals surface area contributed by atoms with Crippen LogP contribution < -0.4 is 4.74 Å². The SMILES string of the molecule is CCOc1ccc(-c2csc(Cl)n2)cc1C. The molecular formula is C12H12ClNOS. The molecule has 0 spiro atoms. The van der Waals surface area contributed by atoms with Gasteiger partial charge in [-0.2, -0.15) is 0 Å². The second-order valence-corrected chi connectivity index (χ2v) is 4.84. The lowest BCUT2D eigenvalue weighted by Gasteiger charge is -2.07. The summed E-state index contributed by atoms with van der Waals surface area (Å²) < 4.78 is 6.06. The lowest BCUT2D eigenvalue weighted by atomic mass is 10.1. The topological polar surface area (TPSA) is 22.1 Å². The number of aromatic nitrogens is 1. The van der Waals surface area contributed by atoms with Crippen molar-refractivity contribution in [3.05, 3.63) is 33.6 Å². The van der Waals surface area contributed by atoms with Gasteiger partial charge in [0, 0.05) is 10.9 Å². The van der Waals surface area contributed by atoms with Crippen molar-refractivity contribution in [2.45, 2.75) is 13.8 Å². The summed E-state index contributed by atoms with van der Waals surface area (Å²) in [4.78, 5) is 4.24. The van der Waals surface area contributed by atoms with Crippen molar-refractivity contribution < 1.29 is 4.74 Å². The predicted molar refractivity (Wildman–Crippen MR) is 68.5 cm³/mol. The molecule has 84 valence electrons. The van der Waals surface area contributed by atoms with E-state index >= 15 is 0 Å². The van der Waals surface area contributed by atoms with Gasteiger partial charge in [0.2, 0.25) is 0 Å². The summed E-state index contributed by atoms with van der Waals surface area (Å²) in [6.07, 6.45) is 0. The Morgan fingerprint density at radius 2 is 2.25 bits per heavy atom. The molecular weight excluding hydrogens is 242 g/mol. The summed E-state index contributed by atoms with van der Waals surface area (Å²) in [6, 6.07) is 6.04. The molecule has 0 saturated carbocycles. The fraction of sp³-hybridized carbons (Fsp3) is 0.250. The third-order valence-corrected chi connectivity index (χ3v) is 3.23. The van der Waals surface area contributed by atoms with Crippen molar-refractivity contribution in [2.24, 2.45) is 0 Å². The molecule has 0 unspecified atom stereocenters. The van der Waals surface area contributed by atoms with Crippen molar-refractivity contribution >= 4 is 22.9 Å². The van der Waals surface area contributed by atoms with Crippen LogP contribution in [0.5, 0.6) is 5.75 Å². The smallest absolute Gasteiger partial charge is 0.184 e. The van der Waals surface area contributed by atoms with Crippen LogP contribution in [-0.2, 0) is 0 Å². The maximum atomic E-state index is 5.81. The minimum absolute atomic E-state index is 0.571. The van der Waals surface area contributed by atoms with Crippen LogP contribution in [0.1, 0.15) is 12.5 Å². The van der Waals surface area contributed by atoms with Gasteiger partial charge in [-0.3, -0.25) is 0 Å². The van der Waals surface area contributed by atoms with E-state index in [9.17, 15) is 0 Å². The highest BCUT2D eigenvalue weighted by atomic mass is 35.5. The molecule has 0 aliphatic heterocycles. The molecule has 0 bridgehead atoms. The zero-order valence-corrected chi connectivity index (χ0v) is 10.7. The van der Waals surface area contributed by atoms with Crippen LogP contribution in [-0.4, -0.2) is 11.6 Å². The van der Waals surface area contributed by atoms with Crippen molar-refractivity contribution in [3.63, 3.8) is 0 Å². The molecule has 0 N–H and O–H groups in total. The number of ether oxygens (including phenoxy) is 1. The molecule has 2 rings (SSSR count). The number of hydrogen-bond acceptors (Lipinski definition) is 3. The normalized spacial score (nSPS) is 10.4. The van der Waals surface area contributed by atoms with E-state index < -0.39 is 0 Å². The first-order chi connectivity index (χ1) is 7.70. The van der Waals surface area contributed by atoms with Gasteiger partial charge in [0.25, 0.3) is 0 Å². The Kier molecular flexibility index (Phi) is 3.46. The molecule has 4 heteroatoms. The van der Waals surface area contributed by atoms with Crippen molar-refractivity contribution in [2.75, 3.05) is 6.61 Å². The van der Waals surface area contributed by atoms with Crippen LogP contribution in [0.2, 0.25) is 4.47 Å². The van der Waals surface area contributed by atoms with Gasteiger partial charge >= 0.3 is 0 Å². The minimum atomic E-state index is 0.571. The first kappa shape index (κ1) is 11.4. The van der Waals surface area contributed by atoms with E-state index in [1.165, 1.54) is 11.3 Å². The fourth-order valence-electron chi connectivity index (χ4n) is 1.51. The molecule has 2 aromatic rings. The Bertz CT molecular complexity index is 496. The molecule has 0 aliphatic carbocycles. The Morgan fingerprint density at radius 1 is 1.44 bits per heavy atom. The quantitative estimate of drug-likeness (QED) is 0.819. The van der Waals surface area contributed by atoms with Crippen molar-refractivity contribution in [1.82, 2.24) is 4.98 Å². The van der Waals surface area contributed by atoms with Crippen molar-refractivity contribution in [3.8, 4) is 17.0 Å². The number of aryl methyl sites for hydroxylation is 1. The van der Waals surface area contributed by atoms with Gasteiger partial charge in [-0.1, -0.05) is 11.6 Å². The van der Waals surface area contributed by atoms with E-state index in [4.69, 9.17) is 16.3 Å². The van der Waals surface area contributed by atoms with Crippen LogP contribution >= 0.6 is 22.9 Å². The maximum absolute atomic E-state index is 5.81. The lowest BCUT2D eigenvalue weighted by Crippen LogP contribution is -1.93. The first-order valence-electron chi connectivity index (χ1n) is 5.05. The number of thiazole rings is 1. The average Bonchev–Trinajstić information content (AvgIpc) is 2.68.